The van der Waals surface area contributed by atoms with E-state index >= 15 is 0 Å². The molecular weight excluding hydrogens is 350 g/mol. The molecule has 0 aromatic heterocycles. The van der Waals surface area contributed by atoms with Crippen LogP contribution in [0.4, 0.5) is 0 Å². The summed E-state index contributed by atoms with van der Waals surface area (Å²) in [6.45, 7) is 1.86. The van der Waals surface area contributed by atoms with Crippen molar-refractivity contribution in [2.24, 2.45) is 4.99 Å². The molecule has 0 N–H and O–H groups in total. The van der Waals surface area contributed by atoms with Crippen molar-refractivity contribution >= 4 is 34.8 Å². The molecule has 0 radical (unpaired) electrons. The highest BCUT2D eigenvalue weighted by atomic mass is 32.2. The molecule has 3 rings (SSSR count). The van der Waals surface area contributed by atoms with Crippen LogP contribution in [0.1, 0.15) is 18.1 Å². The summed E-state index contributed by atoms with van der Waals surface area (Å²) in [6, 6.07) is 16.8. The van der Waals surface area contributed by atoms with E-state index in [1.54, 1.807) is 25.1 Å². The van der Waals surface area contributed by atoms with Crippen LogP contribution in [-0.2, 0) is 14.3 Å². The molecule has 0 saturated heterocycles. The summed E-state index contributed by atoms with van der Waals surface area (Å²) < 4.78 is 10.4. The maximum absolute atomic E-state index is 12.2. The molecule has 2 aromatic carbocycles. The van der Waals surface area contributed by atoms with Crippen LogP contribution in [0, 0.1) is 0 Å². The van der Waals surface area contributed by atoms with Gasteiger partial charge >= 0.3 is 5.97 Å². The second-order valence-corrected chi connectivity index (χ2v) is 6.36. The van der Waals surface area contributed by atoms with Gasteiger partial charge in [0.1, 0.15) is 10.8 Å². The van der Waals surface area contributed by atoms with Crippen LogP contribution in [0.15, 0.2) is 64.5 Å². The van der Waals surface area contributed by atoms with Gasteiger partial charge in [0.15, 0.2) is 6.61 Å². The van der Waals surface area contributed by atoms with Crippen molar-refractivity contribution in [1.82, 2.24) is 0 Å². The Morgan fingerprint density at radius 1 is 1.12 bits per heavy atom. The van der Waals surface area contributed by atoms with E-state index in [2.05, 4.69) is 4.99 Å². The molecular formula is C20H17NO4S. The third-order valence-corrected chi connectivity index (χ3v) is 4.53. The number of hydrogen-bond donors (Lipinski definition) is 0. The number of rotatable bonds is 6. The van der Waals surface area contributed by atoms with Crippen LogP contribution in [0.3, 0.4) is 0 Å². The second-order valence-electron chi connectivity index (χ2n) is 5.33. The summed E-state index contributed by atoms with van der Waals surface area (Å²) in [6.07, 6.45) is 1.73. The number of hydrogen-bond acceptors (Lipinski definition) is 5. The van der Waals surface area contributed by atoms with Gasteiger partial charge in [-0.2, -0.15) is 0 Å². The average molecular weight is 367 g/mol. The molecule has 5 nitrogen and oxygen atoms in total. The second kappa shape index (κ2) is 8.49. The minimum Gasteiger partial charge on any atom is -0.481 e. The van der Waals surface area contributed by atoms with Gasteiger partial charge in [-0.1, -0.05) is 60.3 Å². The Hall–Kier alpha value is -2.86. The number of para-hydroxylation sites is 1. The highest BCUT2D eigenvalue weighted by Gasteiger charge is 2.23. The lowest BCUT2D eigenvalue weighted by atomic mass is 10.2. The van der Waals surface area contributed by atoms with Gasteiger partial charge in [0.05, 0.1) is 11.5 Å². The Kier molecular flexibility index (Phi) is 5.86. The van der Waals surface area contributed by atoms with Gasteiger partial charge in [0, 0.05) is 11.1 Å². The first-order valence-electron chi connectivity index (χ1n) is 8.13. The van der Waals surface area contributed by atoms with Gasteiger partial charge in [-0.3, -0.25) is 4.79 Å². The van der Waals surface area contributed by atoms with Crippen LogP contribution in [0.5, 0.6) is 5.75 Å². The Labute approximate surface area is 155 Å². The topological polar surface area (TPSA) is 65.0 Å². The zero-order valence-corrected chi connectivity index (χ0v) is 15.0. The van der Waals surface area contributed by atoms with Gasteiger partial charge in [0.2, 0.25) is 0 Å². The Morgan fingerprint density at radius 3 is 2.62 bits per heavy atom. The van der Waals surface area contributed by atoms with E-state index in [1.165, 1.54) is 11.8 Å². The number of thioether (sulfide) groups is 1. The predicted octanol–water partition coefficient (Wildman–Crippen LogP) is 3.69. The minimum atomic E-state index is -0.434. The van der Waals surface area contributed by atoms with E-state index in [0.717, 1.165) is 5.56 Å². The van der Waals surface area contributed by atoms with Gasteiger partial charge in [-0.05, 0) is 19.1 Å². The van der Waals surface area contributed by atoms with Crippen molar-refractivity contribution < 1.29 is 19.1 Å². The maximum atomic E-state index is 12.2. The van der Waals surface area contributed by atoms with Crippen LogP contribution in [-0.4, -0.2) is 30.1 Å². The third-order valence-electron chi connectivity index (χ3n) is 3.50. The number of benzene rings is 2. The van der Waals surface area contributed by atoms with Crippen molar-refractivity contribution in [2.75, 3.05) is 13.2 Å². The Morgan fingerprint density at radius 2 is 1.85 bits per heavy atom. The Bertz CT molecular complexity index is 874. The van der Waals surface area contributed by atoms with Gasteiger partial charge in [-0.15, -0.1) is 0 Å². The first-order valence-corrected chi connectivity index (χ1v) is 8.94. The fraction of sp³-hybridized carbons (Fsp3) is 0.150. The molecule has 0 spiro atoms. The van der Waals surface area contributed by atoms with Crippen LogP contribution in [0.2, 0.25) is 0 Å². The van der Waals surface area contributed by atoms with E-state index in [1.807, 2.05) is 42.5 Å². The van der Waals surface area contributed by atoms with Crippen molar-refractivity contribution in [3.8, 4) is 5.75 Å². The first kappa shape index (κ1) is 17.9. The number of amides is 1. The van der Waals surface area contributed by atoms with E-state index < -0.39 is 5.97 Å². The number of aliphatic imine (C=N–C) groups is 1. The maximum Gasteiger partial charge on any atom is 0.344 e. The average Bonchev–Trinajstić information content (AvgIpc) is 3.03. The first-order chi connectivity index (χ1) is 12.7. The molecule has 0 bridgehead atoms. The molecule has 26 heavy (non-hydrogen) atoms. The standard InChI is InChI=1S/C20H17NO4S/c1-2-24-18(22)13-25-16-11-7-6-10-15(16)12-17-19(23)21-20(26-17)14-8-4-3-5-9-14/h3-12H,2,13H2,1H3. The smallest absolute Gasteiger partial charge is 0.344 e. The molecule has 1 heterocycles. The summed E-state index contributed by atoms with van der Waals surface area (Å²) in [5.41, 5.74) is 1.61. The predicted molar refractivity (Wildman–Crippen MR) is 102 cm³/mol. The number of nitrogens with zero attached hydrogens (tertiary/aromatic N) is 1. The lowest BCUT2D eigenvalue weighted by Crippen LogP contribution is -2.14. The van der Waals surface area contributed by atoms with Crippen LogP contribution < -0.4 is 4.74 Å². The monoisotopic (exact) mass is 367 g/mol. The van der Waals surface area contributed by atoms with Crippen LogP contribution >= 0.6 is 11.8 Å². The van der Waals surface area contributed by atoms with E-state index in [-0.39, 0.29) is 12.5 Å². The number of ether oxygens (including phenoxy) is 2. The quantitative estimate of drug-likeness (QED) is 0.575. The summed E-state index contributed by atoms with van der Waals surface area (Å²) in [5.74, 6) is -0.209. The van der Waals surface area contributed by atoms with Crippen molar-refractivity contribution in [3.63, 3.8) is 0 Å². The van der Waals surface area contributed by atoms with E-state index in [9.17, 15) is 9.59 Å². The minimum absolute atomic E-state index is 0.180. The SMILES string of the molecule is CCOC(=O)COc1ccccc1C=C1SC(c2ccccc2)=NC1=O. The van der Waals surface area contributed by atoms with Gasteiger partial charge < -0.3 is 9.47 Å². The molecule has 2 aromatic rings. The summed E-state index contributed by atoms with van der Waals surface area (Å²) >= 11 is 1.32. The zero-order valence-electron chi connectivity index (χ0n) is 14.2. The zero-order chi connectivity index (χ0) is 18.4. The third kappa shape index (κ3) is 4.40. The van der Waals surface area contributed by atoms with Gasteiger partial charge in [-0.25, -0.2) is 9.79 Å². The van der Waals surface area contributed by atoms with Crippen LogP contribution in [0.25, 0.3) is 6.08 Å². The fourth-order valence-corrected chi connectivity index (χ4v) is 3.23. The molecule has 1 amide bonds. The highest BCUT2D eigenvalue weighted by molar-refractivity contribution is 8.19. The molecule has 0 atom stereocenters. The lowest BCUT2D eigenvalue weighted by Gasteiger charge is -2.09. The number of esters is 1. The summed E-state index contributed by atoms with van der Waals surface area (Å²) in [4.78, 5) is 28.4. The molecule has 0 unspecified atom stereocenters. The van der Waals surface area contributed by atoms with E-state index in [4.69, 9.17) is 9.47 Å². The molecule has 1 aliphatic rings. The number of carbonyl (C=O) groups excluding carboxylic acids is 2. The highest BCUT2D eigenvalue weighted by Crippen LogP contribution is 2.33. The van der Waals surface area contributed by atoms with Crippen molar-refractivity contribution in [2.45, 2.75) is 6.92 Å². The molecule has 0 saturated carbocycles. The molecule has 0 fully saturated rings. The number of carbonyl (C=O) groups is 2. The largest absolute Gasteiger partial charge is 0.481 e. The lowest BCUT2D eigenvalue weighted by molar-refractivity contribution is -0.145. The van der Waals surface area contributed by atoms with E-state index in [0.29, 0.717) is 27.9 Å². The van der Waals surface area contributed by atoms with Crippen molar-refractivity contribution in [3.05, 3.63) is 70.6 Å². The fourth-order valence-electron chi connectivity index (χ4n) is 2.33. The summed E-state index contributed by atoms with van der Waals surface area (Å²) in [5, 5.41) is 0.673. The van der Waals surface area contributed by atoms with Crippen molar-refractivity contribution in [1.29, 1.82) is 0 Å². The molecule has 132 valence electrons. The van der Waals surface area contributed by atoms with Gasteiger partial charge in [0.25, 0.3) is 5.91 Å². The molecule has 6 heteroatoms. The summed E-state index contributed by atoms with van der Waals surface area (Å²) in [7, 11) is 0. The Balaban J connectivity index is 1.77. The molecule has 1 aliphatic heterocycles. The molecule has 0 aliphatic carbocycles. The normalized spacial score (nSPS) is 15.0.